The zero-order valence-corrected chi connectivity index (χ0v) is 16.4. The molecule has 23 heavy (non-hydrogen) atoms. The Kier molecular flexibility index (Phi) is 6.89. The molecule has 0 saturated carbocycles. The van der Waals surface area contributed by atoms with Crippen LogP contribution in [0.25, 0.3) is 0 Å². The van der Waals surface area contributed by atoms with E-state index in [2.05, 4.69) is 6.58 Å². The van der Waals surface area contributed by atoms with Crippen LogP contribution in [-0.4, -0.2) is 31.5 Å². The van der Waals surface area contributed by atoms with E-state index < -0.39 is 25.9 Å². The van der Waals surface area contributed by atoms with E-state index in [-0.39, 0.29) is 0 Å². The van der Waals surface area contributed by atoms with Crippen molar-refractivity contribution in [2.75, 3.05) is 13.2 Å². The molecule has 0 aromatic carbocycles. The van der Waals surface area contributed by atoms with Gasteiger partial charge in [-0.15, -0.1) is 6.58 Å². The van der Waals surface area contributed by atoms with Crippen LogP contribution in [0.4, 0.5) is 0 Å². The highest BCUT2D eigenvalue weighted by atomic mass is 31.2. The quantitative estimate of drug-likeness (QED) is 0.362. The second-order valence-electron chi connectivity index (χ2n) is 6.54. The Morgan fingerprint density at radius 1 is 1.13 bits per heavy atom. The molecule has 0 unspecified atom stereocenters. The van der Waals surface area contributed by atoms with Crippen LogP contribution in [0.1, 0.15) is 54.9 Å². The van der Waals surface area contributed by atoms with E-state index in [1.165, 1.54) is 0 Å². The lowest BCUT2D eigenvalue weighted by molar-refractivity contribution is 0.00578. The van der Waals surface area contributed by atoms with Crippen molar-refractivity contribution in [2.45, 2.75) is 66.1 Å². The molecule has 0 amide bonds. The molecule has 0 spiro atoms. The van der Waals surface area contributed by atoms with E-state index in [1.54, 1.807) is 19.9 Å². The normalized spacial score (nSPS) is 21.3. The largest absolute Gasteiger partial charge is 0.490 e. The maximum absolute atomic E-state index is 13.2. The molecule has 1 saturated heterocycles. The van der Waals surface area contributed by atoms with Gasteiger partial charge in [0.25, 0.3) is 0 Å². The zero-order chi connectivity index (χ0) is 17.9. The lowest BCUT2D eigenvalue weighted by atomic mass is 9.78. The molecule has 0 aromatic heterocycles. The van der Waals surface area contributed by atoms with E-state index in [1.807, 2.05) is 34.6 Å². The molecule has 1 heterocycles. The van der Waals surface area contributed by atoms with Crippen molar-refractivity contribution < 1.29 is 22.9 Å². The van der Waals surface area contributed by atoms with Crippen LogP contribution in [0.15, 0.2) is 23.4 Å². The first-order valence-corrected chi connectivity index (χ1v) is 9.64. The monoisotopic (exact) mass is 344 g/mol. The van der Waals surface area contributed by atoms with Crippen LogP contribution in [-0.2, 0) is 22.9 Å². The third-order valence-electron chi connectivity index (χ3n) is 4.33. The van der Waals surface area contributed by atoms with E-state index in [4.69, 9.17) is 18.4 Å². The van der Waals surface area contributed by atoms with E-state index in [9.17, 15) is 4.57 Å². The Labute approximate surface area is 141 Å². The predicted octanol–water partition coefficient (Wildman–Crippen LogP) is 4.73. The van der Waals surface area contributed by atoms with Gasteiger partial charge in [0.15, 0.2) is 0 Å². The molecule has 1 rings (SSSR count). The Morgan fingerprint density at radius 3 is 1.91 bits per heavy atom. The first kappa shape index (κ1) is 20.7. The average Bonchev–Trinajstić information content (AvgIpc) is 2.64. The molecular formula is C16H30BO5P. The molecule has 0 aliphatic carbocycles. The Morgan fingerprint density at radius 2 is 1.57 bits per heavy atom. The van der Waals surface area contributed by atoms with Gasteiger partial charge >= 0.3 is 14.7 Å². The zero-order valence-electron chi connectivity index (χ0n) is 15.5. The van der Waals surface area contributed by atoms with Gasteiger partial charge in [-0.3, -0.25) is 4.57 Å². The summed E-state index contributed by atoms with van der Waals surface area (Å²) < 4.78 is 36.3. The molecule has 1 fully saturated rings. The maximum Gasteiger partial charge on any atom is 0.490 e. The molecular weight excluding hydrogens is 314 g/mol. The average molecular weight is 344 g/mol. The summed E-state index contributed by atoms with van der Waals surface area (Å²) in [5, 5.41) is 0.565. The Hall–Kier alpha value is -0.385. The highest BCUT2D eigenvalue weighted by molar-refractivity contribution is 7.58. The number of hydrogen-bond acceptors (Lipinski definition) is 5. The Balaban J connectivity index is 3.28. The van der Waals surface area contributed by atoms with Gasteiger partial charge in [-0.1, -0.05) is 6.08 Å². The summed E-state index contributed by atoms with van der Waals surface area (Å²) >= 11 is 0. The van der Waals surface area contributed by atoms with Crippen LogP contribution in [0.3, 0.4) is 0 Å². The summed E-state index contributed by atoms with van der Waals surface area (Å²) in [5.41, 5.74) is -0.187. The van der Waals surface area contributed by atoms with Crippen LogP contribution >= 0.6 is 7.60 Å². The summed E-state index contributed by atoms with van der Waals surface area (Å²) in [6.07, 6.45) is 2.09. The molecule has 0 N–H and O–H groups in total. The van der Waals surface area contributed by atoms with Crippen molar-refractivity contribution in [1.82, 2.24) is 0 Å². The van der Waals surface area contributed by atoms with Gasteiger partial charge < -0.3 is 18.4 Å². The van der Waals surface area contributed by atoms with Gasteiger partial charge in [-0.25, -0.2) is 0 Å². The molecule has 1 aliphatic rings. The van der Waals surface area contributed by atoms with Crippen molar-refractivity contribution >= 4 is 14.7 Å². The first-order chi connectivity index (χ1) is 10.5. The summed E-state index contributed by atoms with van der Waals surface area (Å²) in [6, 6.07) is 0. The van der Waals surface area contributed by atoms with E-state index >= 15 is 0 Å². The second kappa shape index (κ2) is 7.67. The fourth-order valence-electron chi connectivity index (χ4n) is 2.31. The third kappa shape index (κ3) is 4.37. The third-order valence-corrected chi connectivity index (χ3v) is 6.72. The van der Waals surface area contributed by atoms with Gasteiger partial charge in [0.2, 0.25) is 0 Å². The first-order valence-electron chi connectivity index (χ1n) is 8.10. The summed E-state index contributed by atoms with van der Waals surface area (Å²) in [4.78, 5) is 0. The second-order valence-corrected chi connectivity index (χ2v) is 8.59. The Bertz CT molecular complexity index is 487. The van der Waals surface area contributed by atoms with Crippen LogP contribution in [0, 0.1) is 0 Å². The van der Waals surface area contributed by atoms with Crippen molar-refractivity contribution in [3.05, 3.63) is 23.4 Å². The van der Waals surface area contributed by atoms with Gasteiger partial charge in [-0.05, 0) is 60.4 Å². The van der Waals surface area contributed by atoms with Gasteiger partial charge in [0.05, 0.1) is 24.4 Å². The molecule has 132 valence electrons. The molecule has 0 atom stereocenters. The summed E-state index contributed by atoms with van der Waals surface area (Å²) in [7, 11) is -3.97. The topological polar surface area (TPSA) is 54.0 Å². The fourth-order valence-corrected chi connectivity index (χ4v) is 4.27. The molecule has 0 aromatic rings. The number of allylic oxidation sites excluding steroid dienone is 3. The maximum atomic E-state index is 13.2. The van der Waals surface area contributed by atoms with Crippen LogP contribution < -0.4 is 0 Å². The minimum atomic E-state index is -3.39. The van der Waals surface area contributed by atoms with E-state index in [0.29, 0.717) is 24.9 Å². The van der Waals surface area contributed by atoms with Crippen molar-refractivity contribution in [2.24, 2.45) is 0 Å². The minimum Gasteiger partial charge on any atom is -0.400 e. The summed E-state index contributed by atoms with van der Waals surface area (Å²) in [5.74, 6) is 0. The molecule has 1 aliphatic heterocycles. The van der Waals surface area contributed by atoms with Gasteiger partial charge in [0.1, 0.15) is 0 Å². The molecule has 5 nitrogen and oxygen atoms in total. The smallest absolute Gasteiger partial charge is 0.400 e. The SMILES string of the molecule is C=CC/C(=C(/C)B1OC(C)(C)C(C)(C)O1)P(=O)(OCC)OCC. The minimum absolute atomic E-state index is 0.300. The van der Waals surface area contributed by atoms with E-state index in [0.717, 1.165) is 5.47 Å². The lowest BCUT2D eigenvalue weighted by Crippen LogP contribution is -2.41. The van der Waals surface area contributed by atoms with Crippen LogP contribution in [0.2, 0.25) is 0 Å². The predicted molar refractivity (Wildman–Crippen MR) is 94.5 cm³/mol. The lowest BCUT2D eigenvalue weighted by Gasteiger charge is -2.32. The molecule has 7 heteroatoms. The highest BCUT2D eigenvalue weighted by Gasteiger charge is 2.53. The van der Waals surface area contributed by atoms with Gasteiger partial charge in [0, 0.05) is 5.31 Å². The van der Waals surface area contributed by atoms with Crippen molar-refractivity contribution in [1.29, 1.82) is 0 Å². The standard InChI is InChI=1S/C16H30BO5P/c1-9-12-14(23(18,19-10-2)20-11-3)13(4)17-21-15(5,6)16(7,8)22-17/h9H,1,10-12H2,2-8H3/b14-13+. The van der Waals surface area contributed by atoms with Crippen molar-refractivity contribution in [3.63, 3.8) is 0 Å². The van der Waals surface area contributed by atoms with Crippen molar-refractivity contribution in [3.8, 4) is 0 Å². The van der Waals surface area contributed by atoms with Gasteiger partial charge in [-0.2, -0.15) is 0 Å². The fraction of sp³-hybridized carbons (Fsp3) is 0.750. The molecule has 0 bridgehead atoms. The molecule has 0 radical (unpaired) electrons. The summed E-state index contributed by atoms with van der Waals surface area (Å²) in [6.45, 7) is 17.7. The van der Waals surface area contributed by atoms with Crippen LogP contribution in [0.5, 0.6) is 0 Å². The number of hydrogen-bond donors (Lipinski definition) is 0. The highest BCUT2D eigenvalue weighted by Crippen LogP contribution is 2.59. The number of rotatable bonds is 8.